The number of alkyl halides is 1. The summed E-state index contributed by atoms with van der Waals surface area (Å²) in [6, 6.07) is 3.95. The summed E-state index contributed by atoms with van der Waals surface area (Å²) < 4.78 is 0. The monoisotopic (exact) mass is 210 g/mol. The Morgan fingerprint density at radius 3 is 2.14 bits per heavy atom. The molecule has 0 saturated carbocycles. The number of aryl methyl sites for hydroxylation is 3. The largest absolute Gasteiger partial charge is 0.293 e. The van der Waals surface area contributed by atoms with Crippen LogP contribution in [0.1, 0.15) is 34.0 Å². The minimum absolute atomic E-state index is 0.00673. The van der Waals surface area contributed by atoms with Crippen molar-refractivity contribution < 1.29 is 4.79 Å². The van der Waals surface area contributed by atoms with E-state index in [2.05, 4.69) is 0 Å². The van der Waals surface area contributed by atoms with Crippen LogP contribution in [0.2, 0.25) is 0 Å². The highest BCUT2D eigenvalue weighted by atomic mass is 35.5. The van der Waals surface area contributed by atoms with Crippen molar-refractivity contribution in [1.29, 1.82) is 0 Å². The van der Waals surface area contributed by atoms with E-state index >= 15 is 0 Å². The van der Waals surface area contributed by atoms with Crippen LogP contribution in [0.25, 0.3) is 0 Å². The molecule has 0 saturated heterocycles. The van der Waals surface area contributed by atoms with Crippen LogP contribution in [-0.4, -0.2) is 11.2 Å². The van der Waals surface area contributed by atoms with E-state index in [1.54, 1.807) is 6.92 Å². The van der Waals surface area contributed by atoms with Crippen molar-refractivity contribution in [2.24, 2.45) is 0 Å². The molecular weight excluding hydrogens is 196 g/mol. The van der Waals surface area contributed by atoms with Gasteiger partial charge in [-0.3, -0.25) is 4.79 Å². The lowest BCUT2D eigenvalue weighted by molar-refractivity contribution is 0.0991. The second kappa shape index (κ2) is 4.14. The fourth-order valence-corrected chi connectivity index (χ4v) is 1.56. The fourth-order valence-electron chi connectivity index (χ4n) is 1.44. The van der Waals surface area contributed by atoms with Gasteiger partial charge in [0.25, 0.3) is 0 Å². The number of rotatable bonds is 2. The fraction of sp³-hybridized carbons (Fsp3) is 0.417. The molecule has 0 N–H and O–H groups in total. The maximum Gasteiger partial charge on any atom is 0.180 e. The Morgan fingerprint density at radius 1 is 1.14 bits per heavy atom. The first kappa shape index (κ1) is 11.3. The van der Waals surface area contributed by atoms with Crippen molar-refractivity contribution in [2.75, 3.05) is 0 Å². The van der Waals surface area contributed by atoms with Gasteiger partial charge in [-0.25, -0.2) is 0 Å². The summed E-state index contributed by atoms with van der Waals surface area (Å²) in [6.45, 7) is 7.70. The first-order valence-corrected chi connectivity index (χ1v) is 5.13. The summed E-state index contributed by atoms with van der Waals surface area (Å²) in [4.78, 5) is 11.7. The molecule has 14 heavy (non-hydrogen) atoms. The Balaban J connectivity index is 3.22. The highest BCUT2D eigenvalue weighted by Crippen LogP contribution is 2.18. The Morgan fingerprint density at radius 2 is 1.64 bits per heavy atom. The van der Waals surface area contributed by atoms with Crippen LogP contribution in [0.15, 0.2) is 12.1 Å². The van der Waals surface area contributed by atoms with Crippen LogP contribution in [0.4, 0.5) is 0 Å². The molecule has 0 fully saturated rings. The van der Waals surface area contributed by atoms with Crippen molar-refractivity contribution in [3.8, 4) is 0 Å². The summed E-state index contributed by atoms with van der Waals surface area (Å²) >= 11 is 5.78. The molecule has 0 radical (unpaired) electrons. The normalized spacial score (nSPS) is 12.6. The topological polar surface area (TPSA) is 17.1 Å². The molecule has 0 spiro atoms. The minimum atomic E-state index is -0.448. The first-order chi connectivity index (χ1) is 6.43. The van der Waals surface area contributed by atoms with Gasteiger partial charge in [-0.15, -0.1) is 11.6 Å². The van der Waals surface area contributed by atoms with Crippen molar-refractivity contribution in [3.63, 3.8) is 0 Å². The summed E-state index contributed by atoms with van der Waals surface area (Å²) in [5.74, 6) is 0.00673. The maximum absolute atomic E-state index is 11.7. The van der Waals surface area contributed by atoms with Crippen LogP contribution in [0, 0.1) is 20.8 Å². The molecule has 1 nitrogen and oxygen atoms in total. The lowest BCUT2D eigenvalue weighted by Gasteiger charge is -2.09. The average molecular weight is 211 g/mol. The zero-order chi connectivity index (χ0) is 10.9. The van der Waals surface area contributed by atoms with Crippen molar-refractivity contribution in [1.82, 2.24) is 0 Å². The molecule has 1 atom stereocenters. The molecule has 0 heterocycles. The van der Waals surface area contributed by atoms with Gasteiger partial charge in [-0.2, -0.15) is 0 Å². The first-order valence-electron chi connectivity index (χ1n) is 4.69. The molecule has 0 aliphatic heterocycles. The highest BCUT2D eigenvalue weighted by molar-refractivity contribution is 6.33. The van der Waals surface area contributed by atoms with Gasteiger partial charge >= 0.3 is 0 Å². The minimum Gasteiger partial charge on any atom is -0.293 e. The SMILES string of the molecule is Cc1cc(C)c(C(=O)C(C)Cl)cc1C. The Kier molecular flexibility index (Phi) is 3.33. The second-order valence-corrected chi connectivity index (χ2v) is 4.39. The number of hydrogen-bond acceptors (Lipinski definition) is 1. The third kappa shape index (κ3) is 2.16. The molecule has 0 aliphatic carbocycles. The molecule has 0 aromatic heterocycles. The van der Waals surface area contributed by atoms with Crippen molar-refractivity contribution >= 4 is 17.4 Å². The standard InChI is InChI=1S/C12H15ClO/c1-7-5-9(3)11(6-8(7)2)12(14)10(4)13/h5-6,10H,1-4H3. The summed E-state index contributed by atoms with van der Waals surface area (Å²) in [6.07, 6.45) is 0. The number of Topliss-reactive ketones (excluding diaryl/α,β-unsaturated/α-hetero) is 1. The van der Waals surface area contributed by atoms with Gasteiger partial charge in [-0.05, 0) is 50.5 Å². The maximum atomic E-state index is 11.7. The number of halogens is 1. The molecule has 0 aliphatic rings. The third-order valence-electron chi connectivity index (χ3n) is 2.47. The number of carbonyl (C=O) groups excluding carboxylic acids is 1. The molecule has 0 amide bonds. The molecule has 1 rings (SSSR count). The van der Waals surface area contributed by atoms with Gasteiger partial charge < -0.3 is 0 Å². The van der Waals surface area contributed by atoms with Crippen LogP contribution in [0.3, 0.4) is 0 Å². The highest BCUT2D eigenvalue weighted by Gasteiger charge is 2.15. The van der Waals surface area contributed by atoms with Gasteiger partial charge in [0, 0.05) is 5.56 Å². The van der Waals surface area contributed by atoms with E-state index in [4.69, 9.17) is 11.6 Å². The quantitative estimate of drug-likeness (QED) is 0.540. The smallest absolute Gasteiger partial charge is 0.180 e. The lowest BCUT2D eigenvalue weighted by Crippen LogP contribution is -2.12. The van der Waals surface area contributed by atoms with Crippen LogP contribution >= 0.6 is 11.6 Å². The van der Waals surface area contributed by atoms with E-state index in [0.717, 1.165) is 16.7 Å². The third-order valence-corrected chi connectivity index (χ3v) is 2.67. The van der Waals surface area contributed by atoms with E-state index < -0.39 is 5.38 Å². The van der Waals surface area contributed by atoms with Gasteiger partial charge in [0.05, 0.1) is 5.38 Å². The predicted octanol–water partition coefficient (Wildman–Crippen LogP) is 3.42. The molecule has 0 bridgehead atoms. The number of carbonyl (C=O) groups is 1. The van der Waals surface area contributed by atoms with E-state index in [9.17, 15) is 4.79 Å². The zero-order valence-electron chi connectivity index (χ0n) is 9.02. The van der Waals surface area contributed by atoms with Gasteiger partial charge in [0.2, 0.25) is 0 Å². The predicted molar refractivity (Wildman–Crippen MR) is 60.3 cm³/mol. The Labute approximate surface area is 90.1 Å². The van der Waals surface area contributed by atoms with Crippen molar-refractivity contribution in [3.05, 3.63) is 34.4 Å². The lowest BCUT2D eigenvalue weighted by atomic mass is 9.97. The zero-order valence-corrected chi connectivity index (χ0v) is 9.77. The van der Waals surface area contributed by atoms with E-state index in [1.807, 2.05) is 32.9 Å². The van der Waals surface area contributed by atoms with E-state index in [1.165, 1.54) is 5.56 Å². The molecule has 1 aromatic carbocycles. The van der Waals surface area contributed by atoms with Crippen molar-refractivity contribution in [2.45, 2.75) is 33.1 Å². The van der Waals surface area contributed by atoms with E-state index in [0.29, 0.717) is 0 Å². The summed E-state index contributed by atoms with van der Waals surface area (Å²) in [5, 5.41) is -0.448. The number of benzene rings is 1. The Bertz CT molecular complexity index is 367. The van der Waals surface area contributed by atoms with E-state index in [-0.39, 0.29) is 5.78 Å². The molecule has 1 aromatic rings. The summed E-state index contributed by atoms with van der Waals surface area (Å²) in [7, 11) is 0. The molecule has 1 unspecified atom stereocenters. The number of hydrogen-bond donors (Lipinski definition) is 0. The van der Waals surface area contributed by atoms with Gasteiger partial charge in [0.15, 0.2) is 5.78 Å². The number of ketones is 1. The average Bonchev–Trinajstić information content (AvgIpc) is 2.10. The van der Waals surface area contributed by atoms with Crippen LogP contribution in [-0.2, 0) is 0 Å². The summed E-state index contributed by atoms with van der Waals surface area (Å²) in [5.41, 5.74) is 4.10. The Hall–Kier alpha value is -0.820. The molecular formula is C12H15ClO. The van der Waals surface area contributed by atoms with Crippen LogP contribution in [0.5, 0.6) is 0 Å². The second-order valence-electron chi connectivity index (χ2n) is 3.73. The van der Waals surface area contributed by atoms with Gasteiger partial charge in [-0.1, -0.05) is 6.07 Å². The van der Waals surface area contributed by atoms with Gasteiger partial charge in [0.1, 0.15) is 0 Å². The van der Waals surface area contributed by atoms with Crippen LogP contribution < -0.4 is 0 Å². The molecule has 76 valence electrons. The molecule has 2 heteroatoms.